The van der Waals surface area contributed by atoms with Crippen molar-refractivity contribution >= 4 is 27.1 Å². The van der Waals surface area contributed by atoms with Crippen LogP contribution in [0.3, 0.4) is 0 Å². The maximum absolute atomic E-state index is 11.5. The molecule has 0 saturated carbocycles. The third-order valence-electron chi connectivity index (χ3n) is 2.44. The number of anilines is 1. The first-order valence-electron chi connectivity index (χ1n) is 5.65. The third kappa shape index (κ3) is 4.96. The Morgan fingerprint density at radius 3 is 2.65 bits per heavy atom. The first-order valence-corrected chi connectivity index (χ1v) is 7.85. The number of hydrogen-bond acceptors (Lipinski definition) is 3. The molecule has 96 valence electrons. The summed E-state index contributed by atoms with van der Waals surface area (Å²) in [5, 5.41) is 3.75. The van der Waals surface area contributed by atoms with E-state index in [2.05, 4.69) is 5.32 Å². The monoisotopic (exact) mass is 275 g/mol. The first kappa shape index (κ1) is 14.3. The Labute approximate surface area is 108 Å². The predicted octanol–water partition coefficient (Wildman–Crippen LogP) is 2.89. The molecule has 5 heteroatoms. The van der Waals surface area contributed by atoms with Crippen LogP contribution >= 0.6 is 11.6 Å². The molecule has 0 amide bonds. The Kier molecular flexibility index (Phi) is 5.28. The Hall–Kier alpha value is -0.740. The van der Waals surface area contributed by atoms with Crippen LogP contribution in [-0.4, -0.2) is 26.5 Å². The molecule has 0 radical (unpaired) electrons. The van der Waals surface area contributed by atoms with Gasteiger partial charge in [0, 0.05) is 23.0 Å². The fraction of sp³-hybridized carbons (Fsp3) is 0.500. The lowest BCUT2D eigenvalue weighted by atomic mass is 10.2. The molecule has 0 atom stereocenters. The van der Waals surface area contributed by atoms with Crippen molar-refractivity contribution in [1.82, 2.24) is 0 Å². The maximum Gasteiger partial charge on any atom is 0.152 e. The summed E-state index contributed by atoms with van der Waals surface area (Å²) in [7, 11) is -2.92. The number of halogens is 1. The highest BCUT2D eigenvalue weighted by Crippen LogP contribution is 2.19. The van der Waals surface area contributed by atoms with Crippen molar-refractivity contribution in [3.63, 3.8) is 0 Å². The molecule has 3 nitrogen and oxygen atoms in total. The minimum atomic E-state index is -2.92. The summed E-state index contributed by atoms with van der Waals surface area (Å²) in [5.41, 5.74) is 1.95. The summed E-state index contributed by atoms with van der Waals surface area (Å²) in [6.07, 6.45) is 0.665. The van der Waals surface area contributed by atoms with Crippen molar-refractivity contribution in [2.75, 3.05) is 23.4 Å². The molecule has 0 fully saturated rings. The molecule has 17 heavy (non-hydrogen) atoms. The van der Waals surface area contributed by atoms with Gasteiger partial charge in [-0.05, 0) is 31.0 Å². The van der Waals surface area contributed by atoms with E-state index in [4.69, 9.17) is 11.6 Å². The van der Waals surface area contributed by atoms with Gasteiger partial charge >= 0.3 is 0 Å². The quantitative estimate of drug-likeness (QED) is 0.868. The van der Waals surface area contributed by atoms with Crippen LogP contribution in [0.1, 0.15) is 18.9 Å². The van der Waals surface area contributed by atoms with E-state index >= 15 is 0 Å². The number of nitrogens with one attached hydrogen (secondary N) is 1. The van der Waals surface area contributed by atoms with Gasteiger partial charge < -0.3 is 5.32 Å². The molecular weight excluding hydrogens is 258 g/mol. The van der Waals surface area contributed by atoms with Gasteiger partial charge in [0.25, 0.3) is 0 Å². The molecule has 0 spiro atoms. The fourth-order valence-electron chi connectivity index (χ4n) is 1.54. The zero-order chi connectivity index (χ0) is 12.9. The zero-order valence-corrected chi connectivity index (χ0v) is 11.7. The highest BCUT2D eigenvalue weighted by Gasteiger charge is 2.08. The Balaban J connectivity index is 2.54. The summed E-state index contributed by atoms with van der Waals surface area (Å²) in [4.78, 5) is 0. The number of benzene rings is 1. The molecule has 1 N–H and O–H groups in total. The molecular formula is C12H18ClNO2S. The Bertz CT molecular complexity index is 471. The van der Waals surface area contributed by atoms with Gasteiger partial charge in [0.15, 0.2) is 9.84 Å². The minimum Gasteiger partial charge on any atom is -0.384 e. The van der Waals surface area contributed by atoms with Crippen LogP contribution in [0.5, 0.6) is 0 Å². The third-order valence-corrected chi connectivity index (χ3v) is 4.53. The van der Waals surface area contributed by atoms with Crippen molar-refractivity contribution in [1.29, 1.82) is 0 Å². The zero-order valence-electron chi connectivity index (χ0n) is 10.2. The van der Waals surface area contributed by atoms with Crippen molar-refractivity contribution < 1.29 is 8.42 Å². The number of hydrogen-bond donors (Lipinski definition) is 1. The van der Waals surface area contributed by atoms with Gasteiger partial charge in [0.05, 0.1) is 5.75 Å². The second-order valence-electron chi connectivity index (χ2n) is 4.04. The van der Waals surface area contributed by atoms with E-state index in [1.165, 1.54) is 0 Å². The normalized spacial score (nSPS) is 11.5. The average molecular weight is 276 g/mol. The highest BCUT2D eigenvalue weighted by atomic mass is 35.5. The van der Waals surface area contributed by atoms with Crippen LogP contribution in [0.25, 0.3) is 0 Å². The molecule has 0 aliphatic carbocycles. The van der Waals surface area contributed by atoms with Crippen molar-refractivity contribution in [2.24, 2.45) is 0 Å². The van der Waals surface area contributed by atoms with Gasteiger partial charge in [-0.2, -0.15) is 0 Å². The smallest absolute Gasteiger partial charge is 0.152 e. The van der Waals surface area contributed by atoms with E-state index in [0.29, 0.717) is 18.0 Å². The van der Waals surface area contributed by atoms with Gasteiger partial charge in [0.2, 0.25) is 0 Å². The average Bonchev–Trinajstić information content (AvgIpc) is 2.23. The van der Waals surface area contributed by atoms with E-state index in [1.54, 1.807) is 0 Å². The van der Waals surface area contributed by atoms with Gasteiger partial charge in [-0.1, -0.05) is 24.6 Å². The van der Waals surface area contributed by atoms with Crippen molar-refractivity contribution in [3.05, 3.63) is 28.8 Å². The summed E-state index contributed by atoms with van der Waals surface area (Å²) in [6, 6.07) is 5.53. The van der Waals surface area contributed by atoms with Crippen LogP contribution in [0.2, 0.25) is 5.02 Å². The van der Waals surface area contributed by atoms with Crippen LogP contribution in [0, 0.1) is 6.92 Å². The largest absolute Gasteiger partial charge is 0.384 e. The lowest BCUT2D eigenvalue weighted by molar-refractivity contribution is 0.595. The summed E-state index contributed by atoms with van der Waals surface area (Å²) in [5.74, 6) is 0.413. The van der Waals surface area contributed by atoms with E-state index in [0.717, 1.165) is 11.3 Å². The highest BCUT2D eigenvalue weighted by molar-refractivity contribution is 7.91. The van der Waals surface area contributed by atoms with E-state index in [-0.39, 0.29) is 11.5 Å². The molecule has 1 rings (SSSR count). The summed E-state index contributed by atoms with van der Waals surface area (Å²) >= 11 is 5.88. The molecule has 0 aliphatic rings. The van der Waals surface area contributed by atoms with Crippen LogP contribution in [-0.2, 0) is 9.84 Å². The number of sulfone groups is 1. The van der Waals surface area contributed by atoms with Gasteiger partial charge in [-0.3, -0.25) is 0 Å². The lowest BCUT2D eigenvalue weighted by Crippen LogP contribution is -2.18. The fourth-order valence-corrected chi connectivity index (χ4v) is 2.95. The Morgan fingerprint density at radius 1 is 1.29 bits per heavy atom. The molecule has 1 aromatic carbocycles. The predicted molar refractivity (Wildman–Crippen MR) is 73.6 cm³/mol. The molecule has 0 saturated heterocycles. The second-order valence-corrected chi connectivity index (χ2v) is 6.78. The molecule has 0 unspecified atom stereocenters. The minimum absolute atomic E-state index is 0.160. The standard InChI is InChI=1S/C12H18ClNO2S/c1-3-7-17(15,16)8-6-14-12-9-11(13)5-4-10(12)2/h4-5,9,14H,3,6-8H2,1-2H3. The summed E-state index contributed by atoms with van der Waals surface area (Å²) in [6.45, 7) is 4.24. The van der Waals surface area contributed by atoms with Gasteiger partial charge in [-0.15, -0.1) is 0 Å². The summed E-state index contributed by atoms with van der Waals surface area (Å²) < 4.78 is 23.0. The van der Waals surface area contributed by atoms with Crippen LogP contribution in [0.4, 0.5) is 5.69 Å². The SMILES string of the molecule is CCCS(=O)(=O)CCNc1cc(Cl)ccc1C. The maximum atomic E-state index is 11.5. The van der Waals surface area contributed by atoms with E-state index in [9.17, 15) is 8.42 Å². The van der Waals surface area contributed by atoms with Crippen LogP contribution < -0.4 is 5.32 Å². The number of aryl methyl sites for hydroxylation is 1. The molecule has 0 heterocycles. The molecule has 0 bridgehead atoms. The Morgan fingerprint density at radius 2 is 2.00 bits per heavy atom. The molecule has 0 aromatic heterocycles. The van der Waals surface area contributed by atoms with Crippen molar-refractivity contribution in [2.45, 2.75) is 20.3 Å². The molecule has 0 aliphatic heterocycles. The topological polar surface area (TPSA) is 46.2 Å². The van der Waals surface area contributed by atoms with Crippen molar-refractivity contribution in [3.8, 4) is 0 Å². The number of rotatable bonds is 6. The first-order chi connectivity index (χ1) is 7.94. The molecule has 1 aromatic rings. The second kappa shape index (κ2) is 6.26. The van der Waals surface area contributed by atoms with Gasteiger partial charge in [-0.25, -0.2) is 8.42 Å². The van der Waals surface area contributed by atoms with E-state index < -0.39 is 9.84 Å². The lowest BCUT2D eigenvalue weighted by Gasteiger charge is -2.10. The van der Waals surface area contributed by atoms with E-state index in [1.807, 2.05) is 32.0 Å². The van der Waals surface area contributed by atoms with Crippen LogP contribution in [0.15, 0.2) is 18.2 Å². The van der Waals surface area contributed by atoms with Gasteiger partial charge in [0.1, 0.15) is 0 Å².